The maximum absolute atomic E-state index is 6.26. The number of hydrogen-bond donors (Lipinski definition) is 1. The number of rotatable bonds is 5. The zero-order valence-corrected chi connectivity index (χ0v) is 14.2. The van der Waals surface area contributed by atoms with E-state index >= 15 is 0 Å². The second-order valence-electron chi connectivity index (χ2n) is 6.43. The van der Waals surface area contributed by atoms with Gasteiger partial charge in [0.1, 0.15) is 5.75 Å². The van der Waals surface area contributed by atoms with Crippen molar-refractivity contribution in [2.75, 3.05) is 11.9 Å². The third-order valence-corrected chi connectivity index (χ3v) is 4.85. The summed E-state index contributed by atoms with van der Waals surface area (Å²) in [4.78, 5) is 0. The van der Waals surface area contributed by atoms with Crippen LogP contribution in [0.3, 0.4) is 0 Å². The van der Waals surface area contributed by atoms with Crippen LogP contribution in [0.4, 0.5) is 5.69 Å². The lowest BCUT2D eigenvalue weighted by Gasteiger charge is -2.20. The summed E-state index contributed by atoms with van der Waals surface area (Å²) in [5.41, 5.74) is 1.11. The number of halogens is 1. The molecule has 0 bridgehead atoms. The molecule has 1 aromatic carbocycles. The molecule has 1 fully saturated rings. The van der Waals surface area contributed by atoms with Crippen molar-refractivity contribution in [3.05, 3.63) is 23.2 Å². The Bertz CT molecular complexity index is 447. The predicted octanol–water partition coefficient (Wildman–Crippen LogP) is 5.76. The first-order chi connectivity index (χ1) is 10.1. The Labute approximate surface area is 134 Å². The van der Waals surface area contributed by atoms with Crippen LogP contribution in [0, 0.1) is 11.8 Å². The largest absolute Gasteiger partial charge is 0.492 e. The molecule has 2 rings (SSSR count). The van der Waals surface area contributed by atoms with Gasteiger partial charge in [0.05, 0.1) is 11.6 Å². The van der Waals surface area contributed by atoms with Gasteiger partial charge in [-0.2, -0.15) is 0 Å². The van der Waals surface area contributed by atoms with Crippen LogP contribution in [0.1, 0.15) is 52.9 Å². The van der Waals surface area contributed by atoms with Gasteiger partial charge in [-0.25, -0.2) is 0 Å². The van der Waals surface area contributed by atoms with Gasteiger partial charge < -0.3 is 10.1 Å². The quantitative estimate of drug-likeness (QED) is 0.699. The number of benzene rings is 1. The summed E-state index contributed by atoms with van der Waals surface area (Å²) in [5.74, 6) is 2.47. The summed E-state index contributed by atoms with van der Waals surface area (Å²) in [6.07, 6.45) is 6.55. The first-order valence-corrected chi connectivity index (χ1v) is 8.66. The molecule has 0 saturated heterocycles. The Morgan fingerprint density at radius 1 is 1.24 bits per heavy atom. The highest BCUT2D eigenvalue weighted by Gasteiger charge is 2.21. The van der Waals surface area contributed by atoms with Gasteiger partial charge in [-0.05, 0) is 56.2 Å². The Balaban J connectivity index is 1.94. The van der Waals surface area contributed by atoms with E-state index in [2.05, 4.69) is 25.2 Å². The molecule has 1 saturated carbocycles. The van der Waals surface area contributed by atoms with Crippen LogP contribution < -0.4 is 10.1 Å². The van der Waals surface area contributed by atoms with Gasteiger partial charge >= 0.3 is 0 Å². The zero-order valence-electron chi connectivity index (χ0n) is 13.5. The maximum atomic E-state index is 6.26. The second kappa shape index (κ2) is 7.93. The normalized spacial score (nSPS) is 22.9. The first-order valence-electron chi connectivity index (χ1n) is 8.29. The molecule has 1 aliphatic carbocycles. The van der Waals surface area contributed by atoms with Crippen molar-refractivity contribution in [1.29, 1.82) is 0 Å². The van der Waals surface area contributed by atoms with Crippen molar-refractivity contribution in [2.45, 2.75) is 58.9 Å². The highest BCUT2D eigenvalue weighted by Crippen LogP contribution is 2.32. The highest BCUT2D eigenvalue weighted by atomic mass is 35.5. The lowest BCUT2D eigenvalue weighted by Crippen LogP contribution is -2.18. The monoisotopic (exact) mass is 309 g/mol. The van der Waals surface area contributed by atoms with Crippen LogP contribution in [0.2, 0.25) is 5.02 Å². The van der Waals surface area contributed by atoms with Gasteiger partial charge in [-0.15, -0.1) is 0 Å². The fraction of sp³-hybridized carbons (Fsp3) is 0.667. The Hall–Kier alpha value is -0.890. The number of nitrogens with one attached hydrogen (secondary N) is 1. The third-order valence-electron chi connectivity index (χ3n) is 4.56. The zero-order chi connectivity index (χ0) is 15.2. The SMILES string of the molecule is CCOc1ccc(NC2CCCC(C(C)C)CC2)cc1Cl. The number of anilines is 1. The topological polar surface area (TPSA) is 21.3 Å². The second-order valence-corrected chi connectivity index (χ2v) is 6.84. The van der Waals surface area contributed by atoms with E-state index in [9.17, 15) is 0 Å². The van der Waals surface area contributed by atoms with Crippen LogP contribution in [0.5, 0.6) is 5.75 Å². The average molecular weight is 310 g/mol. The molecule has 0 spiro atoms. The standard InChI is InChI=1S/C18H28ClNO/c1-4-21-18-11-10-16(12-17(18)19)20-15-7-5-6-14(8-9-15)13(2)3/h10-15,20H,4-9H2,1-3H3. The van der Waals surface area contributed by atoms with Crippen molar-refractivity contribution in [3.63, 3.8) is 0 Å². The molecule has 1 aromatic rings. The Morgan fingerprint density at radius 3 is 2.71 bits per heavy atom. The maximum Gasteiger partial charge on any atom is 0.138 e. The molecule has 2 atom stereocenters. The van der Waals surface area contributed by atoms with Gasteiger partial charge in [0, 0.05) is 11.7 Å². The summed E-state index contributed by atoms with van der Waals surface area (Å²) in [5, 5.41) is 4.34. The Morgan fingerprint density at radius 2 is 2.05 bits per heavy atom. The van der Waals surface area contributed by atoms with Crippen LogP contribution in [0.25, 0.3) is 0 Å². The number of hydrogen-bond acceptors (Lipinski definition) is 2. The predicted molar refractivity (Wildman–Crippen MR) is 91.4 cm³/mol. The molecular weight excluding hydrogens is 282 g/mol. The van der Waals surface area contributed by atoms with Gasteiger partial charge in [-0.3, -0.25) is 0 Å². The minimum atomic E-state index is 0.572. The molecule has 3 heteroatoms. The molecule has 118 valence electrons. The fourth-order valence-electron chi connectivity index (χ4n) is 3.24. The molecule has 0 heterocycles. The van der Waals surface area contributed by atoms with Gasteiger partial charge in [0.2, 0.25) is 0 Å². The van der Waals surface area contributed by atoms with Crippen molar-refractivity contribution >= 4 is 17.3 Å². The van der Waals surface area contributed by atoms with Crippen molar-refractivity contribution in [2.24, 2.45) is 11.8 Å². The van der Waals surface area contributed by atoms with Gasteiger partial charge in [0.25, 0.3) is 0 Å². The summed E-state index contributed by atoms with van der Waals surface area (Å²) in [6, 6.07) is 6.59. The summed E-state index contributed by atoms with van der Waals surface area (Å²) >= 11 is 6.26. The van der Waals surface area contributed by atoms with Gasteiger partial charge in [0.15, 0.2) is 0 Å². The number of ether oxygens (including phenoxy) is 1. The molecule has 2 nitrogen and oxygen atoms in total. The van der Waals surface area contributed by atoms with Crippen LogP contribution in [-0.2, 0) is 0 Å². The smallest absolute Gasteiger partial charge is 0.138 e. The van der Waals surface area contributed by atoms with E-state index in [4.69, 9.17) is 16.3 Å². The molecule has 2 unspecified atom stereocenters. The molecule has 0 amide bonds. The highest BCUT2D eigenvalue weighted by molar-refractivity contribution is 6.32. The lowest BCUT2D eigenvalue weighted by molar-refractivity contribution is 0.340. The van der Waals surface area contributed by atoms with E-state index in [-0.39, 0.29) is 0 Å². The molecule has 0 radical (unpaired) electrons. The minimum Gasteiger partial charge on any atom is -0.492 e. The summed E-state index contributed by atoms with van der Waals surface area (Å²) in [6.45, 7) is 7.32. The molecule has 0 aromatic heterocycles. The van der Waals surface area contributed by atoms with Crippen molar-refractivity contribution in [1.82, 2.24) is 0 Å². The van der Waals surface area contributed by atoms with E-state index in [1.807, 2.05) is 19.1 Å². The average Bonchev–Trinajstić information content (AvgIpc) is 2.68. The van der Waals surface area contributed by atoms with Gasteiger partial charge in [-0.1, -0.05) is 38.3 Å². The van der Waals surface area contributed by atoms with E-state index in [0.29, 0.717) is 17.7 Å². The molecule has 1 N–H and O–H groups in total. The Kier molecular flexibility index (Phi) is 6.22. The van der Waals surface area contributed by atoms with Crippen LogP contribution in [-0.4, -0.2) is 12.6 Å². The molecular formula is C18H28ClNO. The lowest BCUT2D eigenvalue weighted by atomic mass is 9.89. The molecule has 1 aliphatic rings. The summed E-state index contributed by atoms with van der Waals surface area (Å²) in [7, 11) is 0. The summed E-state index contributed by atoms with van der Waals surface area (Å²) < 4.78 is 5.48. The van der Waals surface area contributed by atoms with E-state index < -0.39 is 0 Å². The first kappa shape index (κ1) is 16.5. The fourth-order valence-corrected chi connectivity index (χ4v) is 3.48. The third kappa shape index (κ3) is 4.81. The molecule has 21 heavy (non-hydrogen) atoms. The van der Waals surface area contributed by atoms with Crippen molar-refractivity contribution in [3.8, 4) is 5.75 Å². The molecule has 0 aliphatic heterocycles. The van der Waals surface area contributed by atoms with E-state index in [0.717, 1.165) is 23.3 Å². The van der Waals surface area contributed by atoms with Crippen molar-refractivity contribution < 1.29 is 4.74 Å². The van der Waals surface area contributed by atoms with E-state index in [1.165, 1.54) is 32.1 Å². The van der Waals surface area contributed by atoms with Crippen LogP contribution >= 0.6 is 11.6 Å². The minimum absolute atomic E-state index is 0.572. The van der Waals surface area contributed by atoms with Crippen LogP contribution in [0.15, 0.2) is 18.2 Å². The van der Waals surface area contributed by atoms with E-state index in [1.54, 1.807) is 0 Å².